The molecule has 0 aliphatic carbocycles. The number of hydrogen-bond donors (Lipinski definition) is 1. The first-order chi connectivity index (χ1) is 12.6. The molecule has 0 aliphatic rings. The molecule has 0 unspecified atom stereocenters. The summed E-state index contributed by atoms with van der Waals surface area (Å²) in [4.78, 5) is 8.87. The van der Waals surface area contributed by atoms with Crippen LogP contribution >= 0.6 is 0 Å². The van der Waals surface area contributed by atoms with Crippen molar-refractivity contribution in [1.29, 1.82) is 0 Å². The third kappa shape index (κ3) is 3.11. The van der Waals surface area contributed by atoms with Gasteiger partial charge in [0.15, 0.2) is 0 Å². The molecule has 0 radical (unpaired) electrons. The summed E-state index contributed by atoms with van der Waals surface area (Å²) in [6.45, 7) is 4.43. The molecule has 0 spiro atoms. The van der Waals surface area contributed by atoms with E-state index >= 15 is 0 Å². The van der Waals surface area contributed by atoms with Crippen LogP contribution in [0.15, 0.2) is 49.1 Å². The van der Waals surface area contributed by atoms with Crippen LogP contribution < -0.4 is 0 Å². The highest BCUT2D eigenvalue weighted by molar-refractivity contribution is 5.67. The molecule has 4 rings (SSSR count). The fourth-order valence-electron chi connectivity index (χ4n) is 2.89. The summed E-state index contributed by atoms with van der Waals surface area (Å²) < 4.78 is 15.2. The average Bonchev–Trinajstić information content (AvgIpc) is 3.27. The van der Waals surface area contributed by atoms with Gasteiger partial charge in [-0.1, -0.05) is 6.07 Å². The molecule has 3 aromatic heterocycles. The first-order valence-electron chi connectivity index (χ1n) is 8.21. The number of H-pyrrole nitrogens is 1. The molecule has 0 saturated heterocycles. The fourth-order valence-corrected chi connectivity index (χ4v) is 2.89. The van der Waals surface area contributed by atoms with Crippen LogP contribution in [-0.2, 0) is 6.54 Å². The summed E-state index contributed by atoms with van der Waals surface area (Å²) in [5.41, 5.74) is 6.07. The largest absolute Gasteiger partial charge is 0.332 e. The number of imidazole rings is 1. The Balaban J connectivity index is 1.61. The van der Waals surface area contributed by atoms with Crippen molar-refractivity contribution in [2.45, 2.75) is 20.4 Å². The quantitative estimate of drug-likeness (QED) is 0.612. The predicted octanol–water partition coefficient (Wildman–Crippen LogP) is 3.53. The summed E-state index contributed by atoms with van der Waals surface area (Å²) >= 11 is 0. The minimum absolute atomic E-state index is 0.221. The molecule has 0 atom stereocenters. The number of aryl methyl sites for hydroxylation is 2. The van der Waals surface area contributed by atoms with Crippen molar-refractivity contribution < 1.29 is 4.39 Å². The fraction of sp³-hybridized carbons (Fsp3) is 0.158. The summed E-state index contributed by atoms with van der Waals surface area (Å²) in [7, 11) is 0. The smallest absolute Gasteiger partial charge is 0.123 e. The van der Waals surface area contributed by atoms with Crippen molar-refractivity contribution in [2.24, 2.45) is 0 Å². The normalized spacial score (nSPS) is 11.0. The van der Waals surface area contributed by atoms with E-state index in [0.717, 1.165) is 39.5 Å². The Morgan fingerprint density at radius 1 is 1.04 bits per heavy atom. The molecule has 0 aliphatic heterocycles. The Labute approximate surface area is 149 Å². The van der Waals surface area contributed by atoms with Gasteiger partial charge in [0.1, 0.15) is 17.2 Å². The molecule has 1 aromatic carbocycles. The van der Waals surface area contributed by atoms with E-state index in [4.69, 9.17) is 0 Å². The number of benzene rings is 1. The molecule has 1 N–H and O–H groups in total. The van der Waals surface area contributed by atoms with Crippen molar-refractivity contribution >= 4 is 0 Å². The molecule has 3 heterocycles. The summed E-state index contributed by atoms with van der Waals surface area (Å²) in [6, 6.07) is 8.66. The number of nitrogens with zero attached hydrogens (tertiary/aromatic N) is 5. The van der Waals surface area contributed by atoms with Crippen LogP contribution in [0, 0.1) is 19.7 Å². The number of aromatic amines is 1. The zero-order valence-electron chi connectivity index (χ0n) is 14.4. The molecule has 0 saturated carbocycles. The van der Waals surface area contributed by atoms with E-state index in [-0.39, 0.29) is 5.82 Å². The van der Waals surface area contributed by atoms with E-state index in [2.05, 4.69) is 25.4 Å². The third-order valence-electron chi connectivity index (χ3n) is 4.31. The van der Waals surface area contributed by atoms with E-state index in [9.17, 15) is 4.39 Å². The van der Waals surface area contributed by atoms with Crippen molar-refractivity contribution in [3.63, 3.8) is 0 Å². The van der Waals surface area contributed by atoms with Crippen LogP contribution in [0.3, 0.4) is 0 Å². The summed E-state index contributed by atoms with van der Waals surface area (Å²) in [6.07, 6.45) is 5.43. The second kappa shape index (κ2) is 6.51. The van der Waals surface area contributed by atoms with Crippen molar-refractivity contribution in [2.75, 3.05) is 0 Å². The van der Waals surface area contributed by atoms with Crippen LogP contribution in [0.1, 0.15) is 16.8 Å². The van der Waals surface area contributed by atoms with Crippen molar-refractivity contribution in [3.8, 4) is 22.6 Å². The Kier molecular flexibility index (Phi) is 4.04. The van der Waals surface area contributed by atoms with Gasteiger partial charge in [-0.05, 0) is 49.2 Å². The zero-order chi connectivity index (χ0) is 18.1. The van der Waals surface area contributed by atoms with Gasteiger partial charge in [-0.2, -0.15) is 15.4 Å². The summed E-state index contributed by atoms with van der Waals surface area (Å²) in [5, 5.41) is 10.9. The lowest BCUT2D eigenvalue weighted by atomic mass is 10.1. The van der Waals surface area contributed by atoms with E-state index < -0.39 is 0 Å². The molecule has 4 aromatic rings. The van der Waals surface area contributed by atoms with Gasteiger partial charge in [-0.15, -0.1) is 0 Å². The van der Waals surface area contributed by atoms with Gasteiger partial charge in [-0.3, -0.25) is 4.98 Å². The monoisotopic (exact) mass is 348 g/mol. The third-order valence-corrected chi connectivity index (χ3v) is 4.31. The molecule has 130 valence electrons. The minimum atomic E-state index is -0.221. The highest BCUT2D eigenvalue weighted by atomic mass is 19.1. The Morgan fingerprint density at radius 2 is 1.92 bits per heavy atom. The number of halogens is 1. The zero-order valence-corrected chi connectivity index (χ0v) is 14.4. The van der Waals surface area contributed by atoms with Gasteiger partial charge in [0.05, 0.1) is 17.7 Å². The van der Waals surface area contributed by atoms with Crippen LogP contribution in [0.5, 0.6) is 0 Å². The number of nitrogens with one attached hydrogen (secondary N) is 1. The first kappa shape index (κ1) is 16.1. The number of aromatic nitrogens is 6. The molecule has 7 heteroatoms. The van der Waals surface area contributed by atoms with Crippen molar-refractivity contribution in [3.05, 3.63) is 71.7 Å². The van der Waals surface area contributed by atoms with E-state index in [0.29, 0.717) is 6.54 Å². The maximum absolute atomic E-state index is 13.3. The van der Waals surface area contributed by atoms with E-state index in [1.807, 2.05) is 36.7 Å². The van der Waals surface area contributed by atoms with Gasteiger partial charge in [0, 0.05) is 24.5 Å². The molecule has 26 heavy (non-hydrogen) atoms. The lowest BCUT2D eigenvalue weighted by Crippen LogP contribution is -1.99. The first-order valence-corrected chi connectivity index (χ1v) is 8.21. The maximum Gasteiger partial charge on any atom is 0.123 e. The molecule has 0 amide bonds. The van der Waals surface area contributed by atoms with Gasteiger partial charge in [0.2, 0.25) is 0 Å². The molecular formula is C19H17FN6. The van der Waals surface area contributed by atoms with Gasteiger partial charge >= 0.3 is 0 Å². The standard InChI is InChI=1S/C19H17FN6/c1-12-7-16(20)4-3-15(12)9-26-10-18(22-11-26)17-8-14(5-6-21-17)19-13(2)23-25-24-19/h3-8,10-11H,9H2,1-2H3,(H,23,24,25). The topological polar surface area (TPSA) is 72.3 Å². The van der Waals surface area contributed by atoms with Crippen LogP contribution in [0.4, 0.5) is 4.39 Å². The molecule has 0 fully saturated rings. The van der Waals surface area contributed by atoms with Crippen molar-refractivity contribution in [1.82, 2.24) is 29.9 Å². The van der Waals surface area contributed by atoms with Crippen LogP contribution in [-0.4, -0.2) is 29.9 Å². The van der Waals surface area contributed by atoms with Crippen LogP contribution in [0.25, 0.3) is 22.6 Å². The summed E-state index contributed by atoms with van der Waals surface area (Å²) in [5.74, 6) is -0.221. The average molecular weight is 348 g/mol. The maximum atomic E-state index is 13.3. The molecule has 0 bridgehead atoms. The Hall–Kier alpha value is -3.35. The Morgan fingerprint density at radius 3 is 2.69 bits per heavy atom. The van der Waals surface area contributed by atoms with Gasteiger partial charge in [0.25, 0.3) is 0 Å². The second-order valence-electron chi connectivity index (χ2n) is 6.19. The Bertz CT molecular complexity index is 1070. The second-order valence-corrected chi connectivity index (χ2v) is 6.19. The minimum Gasteiger partial charge on any atom is -0.332 e. The van der Waals surface area contributed by atoms with Crippen LogP contribution in [0.2, 0.25) is 0 Å². The van der Waals surface area contributed by atoms with Gasteiger partial charge < -0.3 is 4.57 Å². The number of pyridine rings is 1. The lowest BCUT2D eigenvalue weighted by molar-refractivity contribution is 0.624. The molecular weight excluding hydrogens is 331 g/mol. The van der Waals surface area contributed by atoms with E-state index in [1.54, 1.807) is 24.7 Å². The highest BCUT2D eigenvalue weighted by Crippen LogP contribution is 2.23. The van der Waals surface area contributed by atoms with Gasteiger partial charge in [-0.25, -0.2) is 9.37 Å². The number of hydrogen-bond acceptors (Lipinski definition) is 4. The predicted molar refractivity (Wildman–Crippen MR) is 95.8 cm³/mol. The SMILES string of the molecule is Cc1cc(F)ccc1Cn1cnc(-c2cc(-c3n[nH]nc3C)ccn2)c1. The lowest BCUT2D eigenvalue weighted by Gasteiger charge is -2.06. The molecule has 6 nitrogen and oxygen atoms in total. The highest BCUT2D eigenvalue weighted by Gasteiger charge is 2.10. The van der Waals surface area contributed by atoms with E-state index in [1.165, 1.54) is 6.07 Å². The number of rotatable bonds is 4.